The van der Waals surface area contributed by atoms with Gasteiger partial charge in [-0.3, -0.25) is 4.79 Å². The van der Waals surface area contributed by atoms with Crippen molar-refractivity contribution >= 4 is 50.9 Å². The lowest BCUT2D eigenvalue weighted by atomic mass is 10.2. The maximum absolute atomic E-state index is 12.1. The lowest BCUT2D eigenvalue weighted by molar-refractivity contribution is -0.113. The van der Waals surface area contributed by atoms with Gasteiger partial charge in [-0.2, -0.15) is 0 Å². The number of carbonyl (C=O) groups excluding carboxylic acids is 1. The van der Waals surface area contributed by atoms with E-state index in [4.69, 9.17) is 16.0 Å². The summed E-state index contributed by atoms with van der Waals surface area (Å²) in [5.41, 5.74) is 2.44. The Morgan fingerprint density at radius 3 is 2.88 bits per heavy atom. The molecule has 0 saturated heterocycles. The normalized spacial score (nSPS) is 10.7. The van der Waals surface area contributed by atoms with Crippen molar-refractivity contribution in [3.8, 4) is 11.5 Å². The molecule has 0 atom stereocenters. The number of aromatic nitrogens is 2. The Hall–Kier alpha value is -1.83. The molecule has 0 saturated carbocycles. The van der Waals surface area contributed by atoms with Gasteiger partial charge in [-0.15, -0.1) is 10.2 Å². The van der Waals surface area contributed by atoms with Crippen molar-refractivity contribution in [1.82, 2.24) is 10.2 Å². The van der Waals surface area contributed by atoms with Crippen molar-refractivity contribution in [3.63, 3.8) is 0 Å². The minimum absolute atomic E-state index is 0.156. The molecule has 0 bridgehead atoms. The largest absolute Gasteiger partial charge is 0.411 e. The second-order valence-corrected chi connectivity index (χ2v) is 7.37. The number of amides is 1. The number of hydrogen-bond donors (Lipinski definition) is 1. The average molecular weight is 439 g/mol. The zero-order valence-corrected chi connectivity index (χ0v) is 16.3. The van der Waals surface area contributed by atoms with Crippen molar-refractivity contribution in [2.24, 2.45) is 0 Å². The van der Waals surface area contributed by atoms with Crippen molar-refractivity contribution in [3.05, 3.63) is 57.5 Å². The van der Waals surface area contributed by atoms with E-state index >= 15 is 0 Å². The van der Waals surface area contributed by atoms with Crippen LogP contribution in [0.2, 0.25) is 5.02 Å². The van der Waals surface area contributed by atoms with Crippen LogP contribution in [0.4, 0.5) is 5.69 Å². The van der Waals surface area contributed by atoms with E-state index in [1.54, 1.807) is 12.1 Å². The van der Waals surface area contributed by atoms with E-state index in [-0.39, 0.29) is 11.7 Å². The zero-order chi connectivity index (χ0) is 17.8. The molecule has 0 aliphatic heterocycles. The highest BCUT2D eigenvalue weighted by Gasteiger charge is 2.13. The van der Waals surface area contributed by atoms with Crippen LogP contribution >= 0.6 is 39.3 Å². The number of rotatable bonds is 5. The molecule has 0 spiro atoms. The van der Waals surface area contributed by atoms with Crippen molar-refractivity contribution < 1.29 is 9.21 Å². The first-order valence-electron chi connectivity index (χ1n) is 7.30. The predicted octanol–water partition coefficient (Wildman–Crippen LogP) is 5.19. The highest BCUT2D eigenvalue weighted by molar-refractivity contribution is 9.10. The summed E-state index contributed by atoms with van der Waals surface area (Å²) >= 11 is 10.6. The molecule has 0 radical (unpaired) electrons. The number of nitrogens with zero attached hydrogens (tertiary/aromatic N) is 2. The third-order valence-corrected chi connectivity index (χ3v) is 5.06. The summed E-state index contributed by atoms with van der Waals surface area (Å²) in [5.74, 6) is 0.390. The molecule has 0 fully saturated rings. The molecule has 0 aliphatic carbocycles. The summed E-state index contributed by atoms with van der Waals surface area (Å²) in [4.78, 5) is 12.1. The number of carbonyl (C=O) groups is 1. The molecular formula is C17H13BrClN3O2S. The molecule has 8 heteroatoms. The lowest BCUT2D eigenvalue weighted by Crippen LogP contribution is -2.14. The van der Waals surface area contributed by atoms with Gasteiger partial charge in [0.2, 0.25) is 11.8 Å². The Morgan fingerprint density at radius 2 is 2.08 bits per heavy atom. The highest BCUT2D eigenvalue weighted by atomic mass is 79.9. The highest BCUT2D eigenvalue weighted by Crippen LogP contribution is 2.29. The Bertz CT molecular complexity index is 916. The van der Waals surface area contributed by atoms with E-state index in [1.807, 2.05) is 37.3 Å². The lowest BCUT2D eigenvalue weighted by Gasteiger charge is -2.07. The topological polar surface area (TPSA) is 68.0 Å². The van der Waals surface area contributed by atoms with Crippen molar-refractivity contribution in [2.75, 3.05) is 11.1 Å². The summed E-state index contributed by atoms with van der Waals surface area (Å²) in [7, 11) is 0. The number of aryl methyl sites for hydroxylation is 1. The number of nitrogens with one attached hydrogen (secondary N) is 1. The third-order valence-electron chi connectivity index (χ3n) is 3.31. The summed E-state index contributed by atoms with van der Waals surface area (Å²) in [6.07, 6.45) is 0. The van der Waals surface area contributed by atoms with Gasteiger partial charge in [0.1, 0.15) is 0 Å². The minimum atomic E-state index is -0.170. The van der Waals surface area contributed by atoms with Crippen LogP contribution in [0.3, 0.4) is 0 Å². The first-order valence-corrected chi connectivity index (χ1v) is 9.46. The first-order chi connectivity index (χ1) is 12.0. The smallest absolute Gasteiger partial charge is 0.277 e. The van der Waals surface area contributed by atoms with Crippen LogP contribution in [-0.4, -0.2) is 21.9 Å². The molecular weight excluding hydrogens is 426 g/mol. The standard InChI is InChI=1S/C17H13BrClN3O2S/c1-10-6-7-11(19)8-14(10)20-15(23)9-25-17-22-21-16(24-17)12-4-2-3-5-13(12)18/h2-8H,9H2,1H3,(H,20,23). The van der Waals surface area contributed by atoms with E-state index in [0.717, 1.165) is 15.6 Å². The molecule has 5 nitrogen and oxygen atoms in total. The molecule has 1 N–H and O–H groups in total. The Labute approximate surface area is 162 Å². The van der Waals surface area contributed by atoms with Gasteiger partial charge in [0.25, 0.3) is 5.22 Å². The zero-order valence-electron chi connectivity index (χ0n) is 13.1. The Balaban J connectivity index is 1.61. The van der Waals surface area contributed by atoms with Gasteiger partial charge >= 0.3 is 0 Å². The van der Waals surface area contributed by atoms with E-state index in [9.17, 15) is 4.79 Å². The molecule has 1 heterocycles. The number of hydrogen-bond acceptors (Lipinski definition) is 5. The van der Waals surface area contributed by atoms with Gasteiger partial charge in [-0.05, 0) is 52.7 Å². The Kier molecular flexibility index (Phi) is 5.78. The molecule has 25 heavy (non-hydrogen) atoms. The fourth-order valence-corrected chi connectivity index (χ4v) is 3.24. The van der Waals surface area contributed by atoms with Gasteiger partial charge in [-0.25, -0.2) is 0 Å². The molecule has 1 aromatic heterocycles. The number of benzene rings is 2. The number of halogens is 2. The second kappa shape index (κ2) is 8.03. The number of anilines is 1. The Morgan fingerprint density at radius 1 is 1.28 bits per heavy atom. The van der Waals surface area contributed by atoms with E-state index in [0.29, 0.717) is 21.8 Å². The van der Waals surface area contributed by atoms with Gasteiger partial charge < -0.3 is 9.73 Å². The third kappa shape index (κ3) is 4.62. The summed E-state index contributed by atoms with van der Waals surface area (Å²) in [5, 5.41) is 11.7. The predicted molar refractivity (Wildman–Crippen MR) is 103 cm³/mol. The molecule has 0 aliphatic rings. The van der Waals surface area contributed by atoms with Crippen molar-refractivity contribution in [1.29, 1.82) is 0 Å². The van der Waals surface area contributed by atoms with Crippen LogP contribution in [0.1, 0.15) is 5.56 Å². The average Bonchev–Trinajstić information content (AvgIpc) is 3.05. The van der Waals surface area contributed by atoms with Gasteiger partial charge in [0.05, 0.1) is 11.3 Å². The second-order valence-electron chi connectivity index (χ2n) is 5.15. The molecule has 0 unspecified atom stereocenters. The first kappa shape index (κ1) is 18.0. The SMILES string of the molecule is Cc1ccc(Cl)cc1NC(=O)CSc1nnc(-c2ccccc2Br)o1. The maximum atomic E-state index is 12.1. The van der Waals surface area contributed by atoms with E-state index < -0.39 is 0 Å². The molecule has 128 valence electrons. The fourth-order valence-electron chi connectivity index (χ4n) is 2.05. The van der Waals surface area contributed by atoms with Crippen molar-refractivity contribution in [2.45, 2.75) is 12.1 Å². The van der Waals surface area contributed by atoms with Crippen LogP contribution < -0.4 is 5.32 Å². The molecule has 3 rings (SSSR count). The van der Waals surface area contributed by atoms with Crippen LogP contribution in [0.15, 0.2) is 56.6 Å². The van der Waals surface area contributed by atoms with Gasteiger partial charge in [0.15, 0.2) is 0 Å². The van der Waals surface area contributed by atoms with Gasteiger partial charge in [-0.1, -0.05) is 41.6 Å². The fraction of sp³-hybridized carbons (Fsp3) is 0.118. The summed E-state index contributed by atoms with van der Waals surface area (Å²) in [6.45, 7) is 1.90. The quantitative estimate of drug-likeness (QED) is 0.555. The van der Waals surface area contributed by atoms with E-state index in [1.165, 1.54) is 11.8 Å². The van der Waals surface area contributed by atoms with Crippen LogP contribution in [0.5, 0.6) is 0 Å². The maximum Gasteiger partial charge on any atom is 0.277 e. The van der Waals surface area contributed by atoms with Crippen LogP contribution in [-0.2, 0) is 4.79 Å². The molecule has 2 aromatic carbocycles. The molecule has 3 aromatic rings. The monoisotopic (exact) mass is 437 g/mol. The number of thioether (sulfide) groups is 1. The van der Waals surface area contributed by atoms with Gasteiger partial charge in [0, 0.05) is 15.2 Å². The minimum Gasteiger partial charge on any atom is -0.411 e. The molecule has 1 amide bonds. The van der Waals surface area contributed by atoms with E-state index in [2.05, 4.69) is 31.4 Å². The van der Waals surface area contributed by atoms with Crippen LogP contribution in [0, 0.1) is 6.92 Å². The van der Waals surface area contributed by atoms with Crippen LogP contribution in [0.25, 0.3) is 11.5 Å². The summed E-state index contributed by atoms with van der Waals surface area (Å²) < 4.78 is 6.47. The summed E-state index contributed by atoms with van der Waals surface area (Å²) in [6, 6.07) is 12.9.